The van der Waals surface area contributed by atoms with Crippen molar-refractivity contribution in [1.29, 1.82) is 0 Å². The summed E-state index contributed by atoms with van der Waals surface area (Å²) in [6, 6.07) is 0. The smallest absolute Gasteiger partial charge is 0.235 e. The molecular weight excluding hydrogens is 232 g/mol. The molecule has 0 aromatic carbocycles. The number of thiocarbonyl (C=S) groups is 1. The molecule has 0 radical (unpaired) electrons. The van der Waals surface area contributed by atoms with Crippen molar-refractivity contribution in [2.75, 3.05) is 13.1 Å². The fraction of sp³-hybridized carbons (Fsp3) is 0.846. The number of rotatable bonds is 3. The zero-order chi connectivity index (χ0) is 13.2. The first-order valence-corrected chi connectivity index (χ1v) is 6.83. The molecule has 17 heavy (non-hydrogen) atoms. The molecule has 3 nitrogen and oxygen atoms in total. The van der Waals surface area contributed by atoms with Gasteiger partial charge in [-0.2, -0.15) is 0 Å². The molecular formula is C13H24N2OS. The molecule has 1 aliphatic heterocycles. The Bertz CT molecular complexity index is 319. The highest BCUT2D eigenvalue weighted by Crippen LogP contribution is 2.29. The lowest BCUT2D eigenvalue weighted by atomic mass is 9.83. The molecule has 0 bridgehead atoms. The largest absolute Gasteiger partial charge is 0.392 e. The molecule has 1 aliphatic rings. The van der Waals surface area contributed by atoms with Crippen LogP contribution in [0.15, 0.2) is 0 Å². The van der Waals surface area contributed by atoms with E-state index >= 15 is 0 Å². The summed E-state index contributed by atoms with van der Waals surface area (Å²) < 4.78 is 0. The van der Waals surface area contributed by atoms with Crippen LogP contribution in [0.3, 0.4) is 0 Å². The quantitative estimate of drug-likeness (QED) is 0.787. The summed E-state index contributed by atoms with van der Waals surface area (Å²) in [5.41, 5.74) is 5.06. The van der Waals surface area contributed by atoms with Gasteiger partial charge in [-0.15, -0.1) is 0 Å². The second-order valence-corrected chi connectivity index (χ2v) is 5.98. The minimum atomic E-state index is -0.671. The lowest BCUT2D eigenvalue weighted by molar-refractivity contribution is -0.140. The average molecular weight is 256 g/mol. The molecule has 0 aromatic heterocycles. The highest BCUT2D eigenvalue weighted by atomic mass is 32.1. The van der Waals surface area contributed by atoms with Gasteiger partial charge >= 0.3 is 0 Å². The van der Waals surface area contributed by atoms with Crippen LogP contribution in [0, 0.1) is 17.3 Å². The first-order valence-electron chi connectivity index (χ1n) is 6.42. The van der Waals surface area contributed by atoms with Crippen molar-refractivity contribution < 1.29 is 4.79 Å². The number of piperidine rings is 1. The zero-order valence-electron chi connectivity index (χ0n) is 11.3. The maximum Gasteiger partial charge on any atom is 0.235 e. The van der Waals surface area contributed by atoms with E-state index in [4.69, 9.17) is 18.0 Å². The van der Waals surface area contributed by atoms with E-state index in [2.05, 4.69) is 13.8 Å². The number of hydrogen-bond donors (Lipinski definition) is 1. The van der Waals surface area contributed by atoms with E-state index in [0.29, 0.717) is 23.2 Å². The summed E-state index contributed by atoms with van der Waals surface area (Å²) in [6.07, 6.45) is 1.74. The van der Waals surface area contributed by atoms with E-state index in [-0.39, 0.29) is 5.91 Å². The third-order valence-electron chi connectivity index (χ3n) is 4.34. The molecule has 1 amide bonds. The van der Waals surface area contributed by atoms with Gasteiger partial charge < -0.3 is 10.6 Å². The topological polar surface area (TPSA) is 46.3 Å². The van der Waals surface area contributed by atoms with E-state index in [1.165, 1.54) is 0 Å². The predicted molar refractivity (Wildman–Crippen MR) is 74.7 cm³/mol. The number of carbonyl (C=O) groups is 1. The molecule has 4 heteroatoms. The third-order valence-corrected chi connectivity index (χ3v) is 4.79. The Morgan fingerprint density at radius 3 is 2.47 bits per heavy atom. The highest BCUT2D eigenvalue weighted by molar-refractivity contribution is 7.80. The molecule has 0 spiro atoms. The SMILES string of the molecule is CCC(C)(C(=O)N1CCC(C)C(C)C1)C(N)=S. The van der Waals surface area contributed by atoms with Crippen LogP contribution in [0.4, 0.5) is 0 Å². The first kappa shape index (κ1) is 14.4. The number of amides is 1. The van der Waals surface area contributed by atoms with E-state index in [1.54, 1.807) is 0 Å². The van der Waals surface area contributed by atoms with Crippen molar-refractivity contribution in [3.05, 3.63) is 0 Å². The van der Waals surface area contributed by atoms with Gasteiger partial charge in [-0.1, -0.05) is 33.0 Å². The Labute approximate surface area is 110 Å². The summed E-state index contributed by atoms with van der Waals surface area (Å²) >= 11 is 5.06. The van der Waals surface area contributed by atoms with Crippen molar-refractivity contribution in [3.8, 4) is 0 Å². The van der Waals surface area contributed by atoms with Gasteiger partial charge in [0, 0.05) is 13.1 Å². The van der Waals surface area contributed by atoms with Gasteiger partial charge in [0.25, 0.3) is 0 Å². The molecule has 3 atom stereocenters. The van der Waals surface area contributed by atoms with Crippen molar-refractivity contribution in [2.24, 2.45) is 23.0 Å². The second kappa shape index (κ2) is 5.34. The van der Waals surface area contributed by atoms with Crippen LogP contribution >= 0.6 is 12.2 Å². The Kier molecular flexibility index (Phi) is 4.53. The molecule has 3 unspecified atom stereocenters. The van der Waals surface area contributed by atoms with Crippen LogP contribution in [0.25, 0.3) is 0 Å². The van der Waals surface area contributed by atoms with Gasteiger partial charge in [0.15, 0.2) is 0 Å². The predicted octanol–water partition coefficient (Wildman–Crippen LogP) is 2.19. The standard InChI is InChI=1S/C13H24N2OS/c1-5-13(4,11(14)17)12(16)15-7-6-9(2)10(3)8-15/h9-10H,5-8H2,1-4H3,(H2,14,17). The summed E-state index contributed by atoms with van der Waals surface area (Å²) in [5.74, 6) is 1.35. The molecule has 0 aliphatic carbocycles. The summed E-state index contributed by atoms with van der Waals surface area (Å²) in [7, 11) is 0. The van der Waals surface area contributed by atoms with E-state index in [0.717, 1.165) is 19.5 Å². The molecule has 0 aromatic rings. The molecule has 1 heterocycles. The number of nitrogens with two attached hydrogens (primary N) is 1. The molecule has 98 valence electrons. The van der Waals surface area contributed by atoms with E-state index < -0.39 is 5.41 Å². The lowest BCUT2D eigenvalue weighted by Crippen LogP contribution is -2.52. The minimum Gasteiger partial charge on any atom is -0.392 e. The maximum absolute atomic E-state index is 12.5. The molecule has 1 saturated heterocycles. The van der Waals surface area contributed by atoms with Crippen LogP contribution in [-0.2, 0) is 4.79 Å². The maximum atomic E-state index is 12.5. The van der Waals surface area contributed by atoms with Gasteiger partial charge in [-0.25, -0.2) is 0 Å². The van der Waals surface area contributed by atoms with Crippen LogP contribution in [0.1, 0.15) is 40.5 Å². The fourth-order valence-corrected chi connectivity index (χ4v) is 2.46. The van der Waals surface area contributed by atoms with Crippen molar-refractivity contribution in [3.63, 3.8) is 0 Å². The Morgan fingerprint density at radius 2 is 2.06 bits per heavy atom. The van der Waals surface area contributed by atoms with E-state index in [1.807, 2.05) is 18.7 Å². The summed E-state index contributed by atoms with van der Waals surface area (Å²) in [4.78, 5) is 14.8. The number of carbonyl (C=O) groups excluding carboxylic acids is 1. The van der Waals surface area contributed by atoms with Crippen molar-refractivity contribution in [1.82, 2.24) is 4.90 Å². The van der Waals surface area contributed by atoms with Gasteiger partial charge in [0.2, 0.25) is 5.91 Å². The van der Waals surface area contributed by atoms with Crippen molar-refractivity contribution in [2.45, 2.75) is 40.5 Å². The fourth-order valence-electron chi connectivity index (χ4n) is 2.23. The van der Waals surface area contributed by atoms with Crippen LogP contribution in [0.5, 0.6) is 0 Å². The average Bonchev–Trinajstić information content (AvgIpc) is 2.30. The monoisotopic (exact) mass is 256 g/mol. The Balaban J connectivity index is 2.80. The number of hydrogen-bond acceptors (Lipinski definition) is 2. The van der Waals surface area contributed by atoms with Gasteiger partial charge in [0.1, 0.15) is 0 Å². The molecule has 1 rings (SSSR count). The van der Waals surface area contributed by atoms with Gasteiger partial charge in [-0.05, 0) is 31.6 Å². The molecule has 0 saturated carbocycles. The first-order chi connectivity index (χ1) is 7.82. The summed E-state index contributed by atoms with van der Waals surface area (Å²) in [5, 5.41) is 0. The minimum absolute atomic E-state index is 0.103. The van der Waals surface area contributed by atoms with Crippen molar-refractivity contribution >= 4 is 23.1 Å². The zero-order valence-corrected chi connectivity index (χ0v) is 12.1. The highest BCUT2D eigenvalue weighted by Gasteiger charge is 2.39. The molecule has 1 fully saturated rings. The van der Waals surface area contributed by atoms with Crippen LogP contribution < -0.4 is 5.73 Å². The molecule has 2 N–H and O–H groups in total. The van der Waals surface area contributed by atoms with Crippen LogP contribution in [-0.4, -0.2) is 28.9 Å². The normalized spacial score (nSPS) is 28.6. The number of nitrogens with zero attached hydrogens (tertiary/aromatic N) is 1. The Morgan fingerprint density at radius 1 is 1.47 bits per heavy atom. The third kappa shape index (κ3) is 2.79. The Hall–Kier alpha value is -0.640. The number of likely N-dealkylation sites (tertiary alicyclic amines) is 1. The van der Waals surface area contributed by atoms with Gasteiger partial charge in [-0.3, -0.25) is 4.79 Å². The summed E-state index contributed by atoms with van der Waals surface area (Å²) in [6.45, 7) is 9.95. The lowest BCUT2D eigenvalue weighted by Gasteiger charge is -2.40. The second-order valence-electron chi connectivity index (χ2n) is 5.54. The van der Waals surface area contributed by atoms with Gasteiger partial charge in [0.05, 0.1) is 10.4 Å². The van der Waals surface area contributed by atoms with Crippen LogP contribution in [0.2, 0.25) is 0 Å². The van der Waals surface area contributed by atoms with E-state index in [9.17, 15) is 4.79 Å².